The first-order valence-electron chi connectivity index (χ1n) is 5.45. The average Bonchev–Trinajstić information content (AvgIpc) is 2.31. The molecule has 2 heterocycles. The van der Waals surface area contributed by atoms with Gasteiger partial charge in [-0.1, -0.05) is 6.07 Å². The van der Waals surface area contributed by atoms with Crippen LogP contribution in [0.25, 0.3) is 0 Å². The first kappa shape index (κ1) is 10.9. The van der Waals surface area contributed by atoms with Crippen molar-refractivity contribution < 1.29 is 5.11 Å². The summed E-state index contributed by atoms with van der Waals surface area (Å²) in [5.74, 6) is 0.961. The summed E-state index contributed by atoms with van der Waals surface area (Å²) in [6, 6.07) is 5.91. The average molecular weight is 217 g/mol. The summed E-state index contributed by atoms with van der Waals surface area (Å²) in [7, 11) is 0. The standard InChI is InChI=1S/C12H15N3O/c1-10-3-2-6-14-11(10)15-7-4-12(16,9-13)5-8-15/h2-3,6,16H,4-5,7-8H2,1H3. The van der Waals surface area contributed by atoms with E-state index in [0.29, 0.717) is 25.9 Å². The van der Waals surface area contributed by atoms with Crippen molar-refractivity contribution in [2.45, 2.75) is 25.4 Å². The van der Waals surface area contributed by atoms with Crippen LogP contribution < -0.4 is 4.90 Å². The Morgan fingerprint density at radius 2 is 2.19 bits per heavy atom. The van der Waals surface area contributed by atoms with E-state index in [9.17, 15) is 5.11 Å². The molecule has 1 fully saturated rings. The van der Waals surface area contributed by atoms with Crippen LogP contribution in [0.5, 0.6) is 0 Å². The fourth-order valence-electron chi connectivity index (χ4n) is 2.01. The molecule has 16 heavy (non-hydrogen) atoms. The van der Waals surface area contributed by atoms with E-state index in [1.54, 1.807) is 6.20 Å². The highest BCUT2D eigenvalue weighted by Crippen LogP contribution is 2.26. The second-order valence-electron chi connectivity index (χ2n) is 4.27. The molecule has 0 aliphatic carbocycles. The Kier molecular flexibility index (Phi) is 2.80. The van der Waals surface area contributed by atoms with E-state index in [0.717, 1.165) is 11.4 Å². The van der Waals surface area contributed by atoms with Crippen molar-refractivity contribution in [1.29, 1.82) is 5.26 Å². The van der Waals surface area contributed by atoms with E-state index < -0.39 is 5.60 Å². The number of hydrogen-bond donors (Lipinski definition) is 1. The quantitative estimate of drug-likeness (QED) is 0.719. The molecule has 1 aliphatic rings. The number of aryl methyl sites for hydroxylation is 1. The molecule has 0 aromatic carbocycles. The van der Waals surface area contributed by atoms with E-state index in [1.165, 1.54) is 0 Å². The Morgan fingerprint density at radius 3 is 2.75 bits per heavy atom. The minimum absolute atomic E-state index is 0.486. The molecule has 4 nitrogen and oxygen atoms in total. The van der Waals surface area contributed by atoms with Crippen molar-refractivity contribution in [3.63, 3.8) is 0 Å². The van der Waals surface area contributed by atoms with Crippen LogP contribution in [0.15, 0.2) is 18.3 Å². The number of anilines is 1. The Bertz CT molecular complexity index is 417. The topological polar surface area (TPSA) is 60.1 Å². The van der Waals surface area contributed by atoms with Crippen LogP contribution in [-0.4, -0.2) is 28.8 Å². The number of nitrogens with zero attached hydrogens (tertiary/aromatic N) is 3. The molecule has 0 unspecified atom stereocenters. The third-order valence-corrected chi connectivity index (χ3v) is 3.08. The van der Waals surface area contributed by atoms with Gasteiger partial charge < -0.3 is 10.0 Å². The number of nitriles is 1. The Hall–Kier alpha value is -1.60. The van der Waals surface area contributed by atoms with Crippen LogP contribution in [-0.2, 0) is 0 Å². The molecule has 0 spiro atoms. The summed E-state index contributed by atoms with van der Waals surface area (Å²) in [5, 5.41) is 18.6. The van der Waals surface area contributed by atoms with Crippen molar-refractivity contribution in [2.75, 3.05) is 18.0 Å². The van der Waals surface area contributed by atoms with E-state index >= 15 is 0 Å². The van der Waals surface area contributed by atoms with Crippen molar-refractivity contribution in [3.8, 4) is 6.07 Å². The molecule has 2 rings (SSSR count). The van der Waals surface area contributed by atoms with Crippen molar-refractivity contribution in [1.82, 2.24) is 4.98 Å². The van der Waals surface area contributed by atoms with Crippen LogP contribution in [0.3, 0.4) is 0 Å². The monoisotopic (exact) mass is 217 g/mol. The third-order valence-electron chi connectivity index (χ3n) is 3.08. The number of rotatable bonds is 1. The first-order chi connectivity index (χ1) is 7.64. The Labute approximate surface area is 95.1 Å². The maximum atomic E-state index is 9.81. The van der Waals surface area contributed by atoms with E-state index in [-0.39, 0.29) is 0 Å². The van der Waals surface area contributed by atoms with E-state index in [4.69, 9.17) is 5.26 Å². The fraction of sp³-hybridized carbons (Fsp3) is 0.500. The van der Waals surface area contributed by atoms with Crippen molar-refractivity contribution in [2.24, 2.45) is 0 Å². The van der Waals surface area contributed by atoms with Gasteiger partial charge in [-0.15, -0.1) is 0 Å². The van der Waals surface area contributed by atoms with Gasteiger partial charge in [-0.05, 0) is 18.6 Å². The summed E-state index contributed by atoms with van der Waals surface area (Å²) in [5.41, 5.74) is -0.0102. The van der Waals surface area contributed by atoms with E-state index in [2.05, 4.69) is 9.88 Å². The Balaban J connectivity index is 2.11. The lowest BCUT2D eigenvalue weighted by Crippen LogP contribution is -2.44. The zero-order valence-electron chi connectivity index (χ0n) is 9.35. The normalized spacial score (nSPS) is 19.2. The summed E-state index contributed by atoms with van der Waals surface area (Å²) < 4.78 is 0. The minimum atomic E-state index is -1.14. The molecular weight excluding hydrogens is 202 g/mol. The third kappa shape index (κ3) is 2.00. The predicted molar refractivity (Wildman–Crippen MR) is 61.0 cm³/mol. The molecule has 1 aromatic heterocycles. The molecule has 1 aromatic rings. The Morgan fingerprint density at radius 1 is 1.50 bits per heavy atom. The molecule has 1 N–H and O–H groups in total. The number of piperidine rings is 1. The van der Waals surface area contributed by atoms with Crippen molar-refractivity contribution in [3.05, 3.63) is 23.9 Å². The molecule has 0 radical (unpaired) electrons. The largest absolute Gasteiger partial charge is 0.375 e. The van der Waals surface area contributed by atoms with Gasteiger partial charge in [-0.3, -0.25) is 0 Å². The molecule has 84 valence electrons. The predicted octanol–water partition coefficient (Wildman–Crippen LogP) is 1.24. The molecule has 0 amide bonds. The van der Waals surface area contributed by atoms with Crippen molar-refractivity contribution >= 4 is 5.82 Å². The summed E-state index contributed by atoms with van der Waals surface area (Å²) in [6.45, 7) is 3.39. The lowest BCUT2D eigenvalue weighted by molar-refractivity contribution is 0.0722. The molecule has 1 saturated heterocycles. The summed E-state index contributed by atoms with van der Waals surface area (Å²) >= 11 is 0. The van der Waals surface area contributed by atoms with Gasteiger partial charge in [0.15, 0.2) is 5.60 Å². The highest BCUT2D eigenvalue weighted by atomic mass is 16.3. The molecule has 0 atom stereocenters. The minimum Gasteiger partial charge on any atom is -0.375 e. The molecule has 4 heteroatoms. The SMILES string of the molecule is Cc1cccnc1N1CCC(O)(C#N)CC1. The maximum Gasteiger partial charge on any atom is 0.154 e. The zero-order valence-corrected chi connectivity index (χ0v) is 9.35. The molecule has 1 aliphatic heterocycles. The van der Waals surface area contributed by atoms with Gasteiger partial charge in [0.25, 0.3) is 0 Å². The molecular formula is C12H15N3O. The summed E-state index contributed by atoms with van der Waals surface area (Å²) in [6.07, 6.45) is 2.74. The number of aromatic nitrogens is 1. The van der Waals surface area contributed by atoms with Crippen LogP contribution in [0.2, 0.25) is 0 Å². The van der Waals surface area contributed by atoms with Gasteiger partial charge in [0, 0.05) is 32.1 Å². The van der Waals surface area contributed by atoms with Gasteiger partial charge in [-0.25, -0.2) is 4.98 Å². The first-order valence-corrected chi connectivity index (χ1v) is 5.45. The number of aliphatic hydroxyl groups is 1. The molecule has 0 saturated carbocycles. The smallest absolute Gasteiger partial charge is 0.154 e. The fourth-order valence-corrected chi connectivity index (χ4v) is 2.01. The number of hydrogen-bond acceptors (Lipinski definition) is 4. The second kappa shape index (κ2) is 4.11. The lowest BCUT2D eigenvalue weighted by atomic mass is 9.93. The highest BCUT2D eigenvalue weighted by Gasteiger charge is 2.32. The van der Waals surface area contributed by atoms with E-state index in [1.807, 2.05) is 25.1 Å². The van der Waals surface area contributed by atoms with Crippen LogP contribution in [0.4, 0.5) is 5.82 Å². The maximum absolute atomic E-state index is 9.81. The zero-order chi connectivity index (χ0) is 11.6. The van der Waals surface area contributed by atoms with Gasteiger partial charge >= 0.3 is 0 Å². The highest BCUT2D eigenvalue weighted by molar-refractivity contribution is 5.46. The van der Waals surface area contributed by atoms with Gasteiger partial charge in [0.1, 0.15) is 5.82 Å². The van der Waals surface area contributed by atoms with Crippen LogP contribution in [0, 0.1) is 18.3 Å². The summed E-state index contributed by atoms with van der Waals surface area (Å²) in [4.78, 5) is 6.46. The number of pyridine rings is 1. The second-order valence-corrected chi connectivity index (χ2v) is 4.27. The van der Waals surface area contributed by atoms with Crippen LogP contribution >= 0.6 is 0 Å². The molecule has 0 bridgehead atoms. The van der Waals surface area contributed by atoms with Crippen LogP contribution in [0.1, 0.15) is 18.4 Å². The van der Waals surface area contributed by atoms with Gasteiger partial charge in [-0.2, -0.15) is 5.26 Å². The lowest BCUT2D eigenvalue weighted by Gasteiger charge is -2.35. The van der Waals surface area contributed by atoms with Gasteiger partial charge in [0.05, 0.1) is 6.07 Å². The van der Waals surface area contributed by atoms with Gasteiger partial charge in [0.2, 0.25) is 0 Å².